The maximum absolute atomic E-state index is 13.2. The summed E-state index contributed by atoms with van der Waals surface area (Å²) in [5, 5.41) is 20.3. The summed E-state index contributed by atoms with van der Waals surface area (Å²) in [5.41, 5.74) is 0.574. The standard InChI is InChI=1S/C20H21N7O3/c28-20(14-5-6-16(17(11-14)27(29)30)25-10-7-21-13-25)24-8-1-3-15(12-24)19-23-22-18-4-2-9-26(18)19/h5-7,10-11,13,15H,1-4,8-9,12H2. The summed E-state index contributed by atoms with van der Waals surface area (Å²) in [6.07, 6.45) is 8.55. The molecule has 2 aliphatic heterocycles. The van der Waals surface area contributed by atoms with Gasteiger partial charge < -0.3 is 14.0 Å². The molecule has 0 spiro atoms. The number of benzene rings is 1. The summed E-state index contributed by atoms with van der Waals surface area (Å²) in [6.45, 7) is 2.12. The number of nitro benzene ring substituents is 1. The second-order valence-electron chi connectivity index (χ2n) is 7.75. The Bertz CT molecular complexity index is 1110. The lowest BCUT2D eigenvalue weighted by atomic mass is 9.96. The lowest BCUT2D eigenvalue weighted by molar-refractivity contribution is -0.384. The second-order valence-corrected chi connectivity index (χ2v) is 7.75. The summed E-state index contributed by atoms with van der Waals surface area (Å²) in [7, 11) is 0. The van der Waals surface area contributed by atoms with Crippen molar-refractivity contribution in [2.24, 2.45) is 0 Å². The largest absolute Gasteiger partial charge is 0.338 e. The number of piperidine rings is 1. The molecule has 0 saturated carbocycles. The predicted octanol–water partition coefficient (Wildman–Crippen LogP) is 2.34. The molecule has 0 aliphatic carbocycles. The SMILES string of the molecule is O=C(c1ccc(-n2ccnc2)c([N+](=O)[O-])c1)N1CCCC(c2nnc3n2CCC3)C1. The van der Waals surface area contributed by atoms with Crippen molar-refractivity contribution in [2.45, 2.75) is 38.1 Å². The Labute approximate surface area is 172 Å². The fourth-order valence-corrected chi connectivity index (χ4v) is 4.45. The minimum absolute atomic E-state index is 0.123. The van der Waals surface area contributed by atoms with Crippen molar-refractivity contribution in [1.29, 1.82) is 0 Å². The zero-order valence-electron chi connectivity index (χ0n) is 16.3. The number of carbonyl (C=O) groups excluding carboxylic acids is 1. The maximum atomic E-state index is 13.2. The number of fused-ring (bicyclic) bond motifs is 1. The number of imidazole rings is 1. The summed E-state index contributed by atoms with van der Waals surface area (Å²) in [6, 6.07) is 4.60. The summed E-state index contributed by atoms with van der Waals surface area (Å²) < 4.78 is 3.75. The number of nitro groups is 1. The van der Waals surface area contributed by atoms with Gasteiger partial charge in [-0.05, 0) is 31.4 Å². The Hall–Kier alpha value is -3.56. The van der Waals surface area contributed by atoms with E-state index in [2.05, 4.69) is 19.7 Å². The third-order valence-electron chi connectivity index (χ3n) is 5.91. The molecule has 154 valence electrons. The average molecular weight is 407 g/mol. The van der Waals surface area contributed by atoms with E-state index >= 15 is 0 Å². The fraction of sp³-hybridized carbons (Fsp3) is 0.400. The lowest BCUT2D eigenvalue weighted by Crippen LogP contribution is -2.39. The van der Waals surface area contributed by atoms with Crippen LogP contribution in [-0.4, -0.2) is 53.1 Å². The minimum Gasteiger partial charge on any atom is -0.338 e. The van der Waals surface area contributed by atoms with Gasteiger partial charge in [-0.15, -0.1) is 10.2 Å². The molecule has 1 unspecified atom stereocenters. The molecular weight excluding hydrogens is 386 g/mol. The Morgan fingerprint density at radius 3 is 2.90 bits per heavy atom. The first-order valence-corrected chi connectivity index (χ1v) is 10.1. The van der Waals surface area contributed by atoms with Gasteiger partial charge in [-0.25, -0.2) is 4.98 Å². The van der Waals surface area contributed by atoms with Gasteiger partial charge in [0.05, 0.1) is 11.3 Å². The van der Waals surface area contributed by atoms with Crippen LogP contribution in [0.2, 0.25) is 0 Å². The molecule has 3 aromatic rings. The van der Waals surface area contributed by atoms with Gasteiger partial charge in [0.1, 0.15) is 17.3 Å². The molecule has 1 fully saturated rings. The Kier molecular flexibility index (Phi) is 4.53. The molecule has 4 heterocycles. The van der Waals surface area contributed by atoms with Gasteiger partial charge in [0, 0.05) is 56.0 Å². The van der Waals surface area contributed by atoms with Gasteiger partial charge in [0.2, 0.25) is 0 Å². The van der Waals surface area contributed by atoms with Crippen LogP contribution in [0.3, 0.4) is 0 Å². The van der Waals surface area contributed by atoms with Crippen molar-refractivity contribution in [3.63, 3.8) is 0 Å². The Morgan fingerprint density at radius 1 is 1.20 bits per heavy atom. The first-order valence-electron chi connectivity index (χ1n) is 10.1. The van der Waals surface area contributed by atoms with Crippen LogP contribution in [0, 0.1) is 10.1 Å². The molecule has 2 aromatic heterocycles. The van der Waals surface area contributed by atoms with Gasteiger partial charge in [-0.1, -0.05) is 0 Å². The van der Waals surface area contributed by atoms with Crippen molar-refractivity contribution in [1.82, 2.24) is 29.2 Å². The molecule has 1 aromatic carbocycles. The molecule has 10 heteroatoms. The molecule has 1 saturated heterocycles. The van der Waals surface area contributed by atoms with Gasteiger partial charge in [0.25, 0.3) is 11.6 Å². The minimum atomic E-state index is -0.468. The number of aromatic nitrogens is 5. The van der Waals surface area contributed by atoms with Crippen LogP contribution < -0.4 is 0 Å². The highest BCUT2D eigenvalue weighted by Gasteiger charge is 2.31. The molecule has 0 radical (unpaired) electrons. The maximum Gasteiger partial charge on any atom is 0.294 e. The van der Waals surface area contributed by atoms with Crippen molar-refractivity contribution < 1.29 is 9.72 Å². The first-order chi connectivity index (χ1) is 14.6. The number of likely N-dealkylation sites (tertiary alicyclic amines) is 1. The lowest BCUT2D eigenvalue weighted by Gasteiger charge is -2.32. The zero-order valence-corrected chi connectivity index (χ0v) is 16.3. The van der Waals surface area contributed by atoms with Crippen molar-refractivity contribution >= 4 is 11.6 Å². The van der Waals surface area contributed by atoms with Crippen LogP contribution in [0.4, 0.5) is 5.69 Å². The average Bonchev–Trinajstić information content (AvgIpc) is 3.51. The predicted molar refractivity (Wildman–Crippen MR) is 106 cm³/mol. The Morgan fingerprint density at radius 2 is 2.10 bits per heavy atom. The quantitative estimate of drug-likeness (QED) is 0.485. The summed E-state index contributed by atoms with van der Waals surface area (Å²) >= 11 is 0. The van der Waals surface area contributed by atoms with E-state index in [4.69, 9.17) is 0 Å². The van der Waals surface area contributed by atoms with E-state index in [1.165, 1.54) is 12.4 Å². The van der Waals surface area contributed by atoms with Gasteiger partial charge in [-0.3, -0.25) is 14.9 Å². The topological polar surface area (TPSA) is 112 Å². The van der Waals surface area contributed by atoms with Gasteiger partial charge in [0.15, 0.2) is 0 Å². The molecule has 5 rings (SSSR count). The molecule has 0 bridgehead atoms. The highest BCUT2D eigenvalue weighted by molar-refractivity contribution is 5.95. The van der Waals surface area contributed by atoms with Crippen LogP contribution in [-0.2, 0) is 13.0 Å². The van der Waals surface area contributed by atoms with E-state index in [9.17, 15) is 14.9 Å². The highest BCUT2D eigenvalue weighted by atomic mass is 16.6. The third-order valence-corrected chi connectivity index (χ3v) is 5.91. The highest BCUT2D eigenvalue weighted by Crippen LogP contribution is 2.30. The number of hydrogen-bond acceptors (Lipinski definition) is 6. The normalized spacial score (nSPS) is 18.4. The molecule has 30 heavy (non-hydrogen) atoms. The van der Waals surface area contributed by atoms with Crippen molar-refractivity contribution in [3.05, 3.63) is 64.2 Å². The molecule has 2 aliphatic rings. The van der Waals surface area contributed by atoms with Crippen LogP contribution in [0.25, 0.3) is 5.69 Å². The van der Waals surface area contributed by atoms with E-state index in [-0.39, 0.29) is 17.5 Å². The smallest absolute Gasteiger partial charge is 0.294 e. The van der Waals surface area contributed by atoms with Crippen LogP contribution >= 0.6 is 0 Å². The molecule has 1 atom stereocenters. The summed E-state index contributed by atoms with van der Waals surface area (Å²) in [5.74, 6) is 1.93. The number of rotatable bonds is 4. The van der Waals surface area contributed by atoms with Crippen molar-refractivity contribution in [3.8, 4) is 5.69 Å². The number of amides is 1. The monoisotopic (exact) mass is 407 g/mol. The van der Waals surface area contributed by atoms with Crippen LogP contribution in [0.5, 0.6) is 0 Å². The van der Waals surface area contributed by atoms with E-state index in [1.54, 1.807) is 34.0 Å². The zero-order chi connectivity index (χ0) is 20.7. The Balaban J connectivity index is 1.40. The van der Waals surface area contributed by atoms with E-state index < -0.39 is 4.92 Å². The first kappa shape index (κ1) is 18.5. The van der Waals surface area contributed by atoms with Gasteiger partial charge >= 0.3 is 0 Å². The number of aryl methyl sites for hydroxylation is 1. The van der Waals surface area contributed by atoms with Crippen LogP contribution in [0.1, 0.15) is 47.2 Å². The van der Waals surface area contributed by atoms with E-state index in [0.717, 1.165) is 43.9 Å². The van der Waals surface area contributed by atoms with E-state index in [0.29, 0.717) is 24.3 Å². The third kappa shape index (κ3) is 3.14. The van der Waals surface area contributed by atoms with Gasteiger partial charge in [-0.2, -0.15) is 0 Å². The second kappa shape index (κ2) is 7.36. The summed E-state index contributed by atoms with van der Waals surface area (Å²) in [4.78, 5) is 30.0. The molecular formula is C20H21N7O3. The van der Waals surface area contributed by atoms with Crippen molar-refractivity contribution in [2.75, 3.05) is 13.1 Å². The number of hydrogen-bond donors (Lipinski definition) is 0. The molecule has 1 amide bonds. The van der Waals surface area contributed by atoms with Crippen LogP contribution in [0.15, 0.2) is 36.9 Å². The molecule has 0 N–H and O–H groups in total. The van der Waals surface area contributed by atoms with E-state index in [1.807, 2.05) is 0 Å². The molecule has 10 nitrogen and oxygen atoms in total. The number of carbonyl (C=O) groups is 1. The number of nitrogens with zero attached hydrogens (tertiary/aromatic N) is 7. The fourth-order valence-electron chi connectivity index (χ4n) is 4.45.